The quantitative estimate of drug-likeness (QED) is 0.628. The average molecular weight is 330 g/mol. The summed E-state index contributed by atoms with van der Waals surface area (Å²) in [6.07, 6.45) is 2.39. The highest BCUT2D eigenvalue weighted by Crippen LogP contribution is 2.21. The minimum absolute atomic E-state index is 0.391. The van der Waals surface area contributed by atoms with Crippen LogP contribution >= 0.6 is 31.9 Å². The highest BCUT2D eigenvalue weighted by Gasteiger charge is 2.08. The molecule has 1 aromatic carbocycles. The molecule has 1 heterocycles. The van der Waals surface area contributed by atoms with E-state index < -0.39 is 4.83 Å². The van der Waals surface area contributed by atoms with E-state index in [1.807, 2.05) is 18.2 Å². The highest BCUT2D eigenvalue weighted by atomic mass is 79.9. The maximum atomic E-state index is 10.6. The summed E-state index contributed by atoms with van der Waals surface area (Å²) < 4.78 is 0.961. The van der Waals surface area contributed by atoms with E-state index >= 15 is 0 Å². The predicted octanol–water partition coefficient (Wildman–Crippen LogP) is 3.03. The van der Waals surface area contributed by atoms with E-state index in [4.69, 9.17) is 0 Å². The van der Waals surface area contributed by atoms with Crippen molar-refractivity contribution in [1.29, 1.82) is 0 Å². The van der Waals surface area contributed by atoms with E-state index in [0.717, 1.165) is 21.8 Å². The third kappa shape index (κ3) is 2.23. The van der Waals surface area contributed by atoms with Gasteiger partial charge in [-0.25, -0.2) is 4.98 Å². The van der Waals surface area contributed by atoms with E-state index in [9.17, 15) is 4.79 Å². The van der Waals surface area contributed by atoms with Crippen molar-refractivity contribution in [3.8, 4) is 0 Å². The summed E-state index contributed by atoms with van der Waals surface area (Å²) in [7, 11) is 0. The first-order valence-electron chi connectivity index (χ1n) is 4.22. The Morgan fingerprint density at radius 3 is 2.87 bits per heavy atom. The van der Waals surface area contributed by atoms with Crippen LogP contribution in [0.3, 0.4) is 0 Å². The Bertz CT molecular complexity index is 516. The van der Waals surface area contributed by atoms with Crippen molar-refractivity contribution in [2.24, 2.45) is 0 Å². The van der Waals surface area contributed by atoms with Crippen molar-refractivity contribution >= 4 is 49.2 Å². The number of aromatic nitrogens is 2. The van der Waals surface area contributed by atoms with Gasteiger partial charge in [0.15, 0.2) is 0 Å². The third-order valence-corrected chi connectivity index (χ3v) is 3.10. The highest BCUT2D eigenvalue weighted by molar-refractivity contribution is 9.10. The van der Waals surface area contributed by atoms with Crippen LogP contribution in [-0.2, 0) is 4.79 Å². The van der Waals surface area contributed by atoms with Gasteiger partial charge < -0.3 is 4.79 Å². The Hall–Kier alpha value is -0.810. The fraction of sp³-hybridized carbons (Fsp3) is 0.100. The van der Waals surface area contributed by atoms with E-state index in [1.54, 1.807) is 6.20 Å². The fourth-order valence-corrected chi connectivity index (χ4v) is 1.77. The SMILES string of the molecule is O=CC(Br)c1cnc2cc(Br)ccc2n1. The van der Waals surface area contributed by atoms with Gasteiger partial charge in [-0.2, -0.15) is 0 Å². The van der Waals surface area contributed by atoms with Crippen LogP contribution in [0.4, 0.5) is 0 Å². The molecule has 0 N–H and O–H groups in total. The summed E-state index contributed by atoms with van der Waals surface area (Å²) in [5.74, 6) is 0. The lowest BCUT2D eigenvalue weighted by atomic mass is 10.3. The molecule has 2 rings (SSSR count). The summed E-state index contributed by atoms with van der Waals surface area (Å²) in [5, 5.41) is 0. The van der Waals surface area contributed by atoms with E-state index in [0.29, 0.717) is 5.69 Å². The van der Waals surface area contributed by atoms with Gasteiger partial charge in [0, 0.05) is 4.47 Å². The number of nitrogens with zero attached hydrogens (tertiary/aromatic N) is 2. The number of alkyl halides is 1. The fourth-order valence-electron chi connectivity index (χ4n) is 1.20. The van der Waals surface area contributed by atoms with E-state index in [-0.39, 0.29) is 0 Å². The number of carbonyl (C=O) groups excluding carboxylic acids is 1. The van der Waals surface area contributed by atoms with Crippen molar-refractivity contribution in [2.45, 2.75) is 4.83 Å². The van der Waals surface area contributed by atoms with Gasteiger partial charge in [0.2, 0.25) is 0 Å². The van der Waals surface area contributed by atoms with Crippen molar-refractivity contribution in [2.75, 3.05) is 0 Å². The number of carbonyl (C=O) groups is 1. The molecule has 3 nitrogen and oxygen atoms in total. The van der Waals surface area contributed by atoms with Crippen molar-refractivity contribution in [3.05, 3.63) is 34.6 Å². The van der Waals surface area contributed by atoms with Crippen molar-refractivity contribution in [3.63, 3.8) is 0 Å². The van der Waals surface area contributed by atoms with E-state index in [2.05, 4.69) is 41.8 Å². The molecule has 0 aliphatic rings. The van der Waals surface area contributed by atoms with Gasteiger partial charge in [0.1, 0.15) is 11.1 Å². The normalized spacial score (nSPS) is 12.7. The Kier molecular flexibility index (Phi) is 3.11. The van der Waals surface area contributed by atoms with Gasteiger partial charge in [-0.15, -0.1) is 0 Å². The van der Waals surface area contributed by atoms with Crippen LogP contribution in [0.25, 0.3) is 11.0 Å². The molecular weight excluding hydrogens is 324 g/mol. The lowest BCUT2D eigenvalue weighted by molar-refractivity contribution is -0.107. The maximum Gasteiger partial charge on any atom is 0.139 e. The lowest BCUT2D eigenvalue weighted by Gasteiger charge is -2.03. The number of benzene rings is 1. The number of fused-ring (bicyclic) bond motifs is 1. The molecule has 0 aliphatic carbocycles. The monoisotopic (exact) mass is 328 g/mol. The van der Waals surface area contributed by atoms with Crippen LogP contribution in [0.2, 0.25) is 0 Å². The van der Waals surface area contributed by atoms with E-state index in [1.165, 1.54) is 0 Å². The van der Waals surface area contributed by atoms with Crippen LogP contribution in [0.5, 0.6) is 0 Å². The molecule has 0 saturated heterocycles. The molecule has 15 heavy (non-hydrogen) atoms. The number of hydrogen-bond acceptors (Lipinski definition) is 3. The zero-order valence-electron chi connectivity index (χ0n) is 7.52. The molecule has 0 spiro atoms. The standard InChI is InChI=1S/C10H6Br2N2O/c11-6-1-2-8-9(3-6)13-4-10(14-8)7(12)5-15/h1-5,7H. The molecule has 1 atom stereocenters. The molecule has 5 heteroatoms. The van der Waals surface area contributed by atoms with Gasteiger partial charge in [-0.05, 0) is 18.2 Å². The summed E-state index contributed by atoms with van der Waals surface area (Å²) in [5.41, 5.74) is 2.21. The first-order chi connectivity index (χ1) is 7.20. The predicted molar refractivity (Wildman–Crippen MR) is 65.0 cm³/mol. The number of halogens is 2. The second-order valence-corrected chi connectivity index (χ2v) is 4.87. The molecule has 0 amide bonds. The largest absolute Gasteiger partial charge is 0.302 e. The maximum absolute atomic E-state index is 10.6. The second-order valence-electron chi connectivity index (χ2n) is 2.97. The lowest BCUT2D eigenvalue weighted by Crippen LogP contribution is -1.96. The van der Waals surface area contributed by atoms with Crippen LogP contribution in [0.15, 0.2) is 28.9 Å². The molecule has 0 aliphatic heterocycles. The van der Waals surface area contributed by atoms with Crippen molar-refractivity contribution in [1.82, 2.24) is 9.97 Å². The number of rotatable bonds is 2. The van der Waals surface area contributed by atoms with Gasteiger partial charge >= 0.3 is 0 Å². The zero-order valence-corrected chi connectivity index (χ0v) is 10.7. The molecule has 1 aromatic heterocycles. The van der Waals surface area contributed by atoms with Crippen molar-refractivity contribution < 1.29 is 4.79 Å². The Labute approximate surface area is 103 Å². The minimum Gasteiger partial charge on any atom is -0.302 e. The third-order valence-electron chi connectivity index (χ3n) is 1.92. The summed E-state index contributed by atoms with van der Waals surface area (Å²) in [6, 6.07) is 5.64. The summed E-state index contributed by atoms with van der Waals surface area (Å²) in [6.45, 7) is 0. The molecule has 1 unspecified atom stereocenters. The van der Waals surface area contributed by atoms with Gasteiger partial charge in [0.05, 0.1) is 22.9 Å². The first kappa shape index (κ1) is 10.7. The molecule has 0 fully saturated rings. The Balaban J connectivity index is 2.56. The van der Waals surface area contributed by atoms with Crippen LogP contribution in [0, 0.1) is 0 Å². The number of hydrogen-bond donors (Lipinski definition) is 0. The topological polar surface area (TPSA) is 42.9 Å². The molecular formula is C10H6Br2N2O. The smallest absolute Gasteiger partial charge is 0.139 e. The van der Waals surface area contributed by atoms with Gasteiger partial charge in [0.25, 0.3) is 0 Å². The van der Waals surface area contributed by atoms with Crippen LogP contribution < -0.4 is 0 Å². The zero-order chi connectivity index (χ0) is 10.8. The van der Waals surface area contributed by atoms with Gasteiger partial charge in [-0.3, -0.25) is 4.98 Å². The summed E-state index contributed by atoms with van der Waals surface area (Å²) >= 11 is 6.57. The second kappa shape index (κ2) is 4.37. The average Bonchev–Trinajstić information content (AvgIpc) is 2.27. The Morgan fingerprint density at radius 2 is 2.13 bits per heavy atom. The van der Waals surface area contributed by atoms with Crippen LogP contribution in [-0.4, -0.2) is 16.3 Å². The molecule has 0 saturated carbocycles. The molecule has 0 radical (unpaired) electrons. The number of aldehydes is 1. The summed E-state index contributed by atoms with van der Waals surface area (Å²) in [4.78, 5) is 18.7. The molecule has 0 bridgehead atoms. The molecule has 76 valence electrons. The Morgan fingerprint density at radius 1 is 1.33 bits per heavy atom. The van der Waals surface area contributed by atoms with Gasteiger partial charge in [-0.1, -0.05) is 31.9 Å². The molecule has 2 aromatic rings. The van der Waals surface area contributed by atoms with Crippen LogP contribution in [0.1, 0.15) is 10.5 Å². The first-order valence-corrected chi connectivity index (χ1v) is 5.93. The minimum atomic E-state index is -0.391.